The summed E-state index contributed by atoms with van der Waals surface area (Å²) >= 11 is 0. The summed E-state index contributed by atoms with van der Waals surface area (Å²) < 4.78 is 5.15. The van der Waals surface area contributed by atoms with Crippen molar-refractivity contribution in [3.63, 3.8) is 0 Å². The predicted octanol–water partition coefficient (Wildman–Crippen LogP) is 4.57. The van der Waals surface area contributed by atoms with Crippen LogP contribution in [0.1, 0.15) is 29.8 Å². The number of carbonyl (C=O) groups excluding carboxylic acids is 2. The molecule has 0 spiro atoms. The van der Waals surface area contributed by atoms with Crippen LogP contribution >= 0.6 is 0 Å². The van der Waals surface area contributed by atoms with Crippen LogP contribution < -0.4 is 15.4 Å². The highest BCUT2D eigenvalue weighted by Gasteiger charge is 2.15. The van der Waals surface area contributed by atoms with Crippen molar-refractivity contribution < 1.29 is 24.2 Å². The average molecular weight is 447 g/mol. The minimum absolute atomic E-state index is 0.0182. The highest BCUT2D eigenvalue weighted by molar-refractivity contribution is 6.10. The fourth-order valence-electron chi connectivity index (χ4n) is 2.54. The van der Waals surface area contributed by atoms with Gasteiger partial charge in [0, 0.05) is 11.3 Å². The maximum atomic E-state index is 12.9. The molecule has 0 unspecified atom stereocenters. The predicted molar refractivity (Wildman–Crippen MR) is 129 cm³/mol. The lowest BCUT2D eigenvalue weighted by Crippen LogP contribution is -2.31. The number of aromatic carboxylic acids is 1. The van der Waals surface area contributed by atoms with Crippen molar-refractivity contribution in [3.05, 3.63) is 101 Å². The molecule has 0 radical (unpaired) electrons. The normalized spacial score (nSPS) is 12.0. The van der Waals surface area contributed by atoms with E-state index in [9.17, 15) is 14.4 Å². The fourth-order valence-corrected chi connectivity index (χ4v) is 2.54. The molecule has 0 heterocycles. The Morgan fingerprint density at radius 1 is 0.939 bits per heavy atom. The first-order chi connectivity index (χ1) is 15.7. The summed E-state index contributed by atoms with van der Waals surface area (Å²) in [6.07, 6.45) is 6.59. The van der Waals surface area contributed by atoms with E-state index < -0.39 is 17.8 Å². The largest absolute Gasteiger partial charge is 0.497 e. The van der Waals surface area contributed by atoms with Gasteiger partial charge in [-0.3, -0.25) is 9.59 Å². The number of amides is 2. The molecule has 2 aromatic rings. The van der Waals surface area contributed by atoms with Crippen LogP contribution in [0.25, 0.3) is 6.08 Å². The molecule has 0 saturated heterocycles. The van der Waals surface area contributed by atoms with Crippen molar-refractivity contribution >= 4 is 29.5 Å². The number of rotatable bonds is 9. The summed E-state index contributed by atoms with van der Waals surface area (Å²) in [7, 11) is 1.55. The second kappa shape index (κ2) is 11.9. The number of benzene rings is 2. The highest BCUT2D eigenvalue weighted by atomic mass is 16.5. The Bertz CT molecular complexity index is 1120. The lowest BCUT2D eigenvalue weighted by molar-refractivity contribution is -0.119. The Hall–Kier alpha value is -4.39. The zero-order chi connectivity index (χ0) is 24.4. The topological polar surface area (TPSA) is 105 Å². The van der Waals surface area contributed by atoms with Gasteiger partial charge in [0.15, 0.2) is 0 Å². The number of nitrogens with one attached hydrogen (secondary N) is 2. The van der Waals surface area contributed by atoms with Crippen LogP contribution in [0.2, 0.25) is 0 Å². The number of carboxylic acids is 1. The number of carboxylic acid groups (broad SMARTS) is 1. The molecule has 7 nitrogen and oxygen atoms in total. The minimum Gasteiger partial charge on any atom is -0.497 e. The lowest BCUT2D eigenvalue weighted by Gasteiger charge is -2.12. The summed E-state index contributed by atoms with van der Waals surface area (Å²) in [6, 6.07) is 12.7. The molecular weight excluding hydrogens is 420 g/mol. The van der Waals surface area contributed by atoms with E-state index in [0.717, 1.165) is 5.57 Å². The number of anilines is 1. The molecule has 2 aromatic carbocycles. The van der Waals surface area contributed by atoms with Gasteiger partial charge in [-0.05, 0) is 61.9 Å². The van der Waals surface area contributed by atoms with Crippen molar-refractivity contribution in [3.8, 4) is 5.75 Å². The van der Waals surface area contributed by atoms with Crippen molar-refractivity contribution in [2.75, 3.05) is 12.4 Å². The van der Waals surface area contributed by atoms with Gasteiger partial charge in [0.05, 0.1) is 12.7 Å². The van der Waals surface area contributed by atoms with Crippen molar-refractivity contribution in [1.82, 2.24) is 5.32 Å². The van der Waals surface area contributed by atoms with Gasteiger partial charge in [-0.1, -0.05) is 42.5 Å². The SMILES string of the molecule is C=C/C(C)=C\C=C(/C)C(=O)N/C(=C\c1ccc(OC)cc1)C(=O)Nc1ccc(C(=O)O)cc1. The van der Waals surface area contributed by atoms with E-state index in [1.54, 1.807) is 56.5 Å². The van der Waals surface area contributed by atoms with Crippen LogP contribution in [0, 0.1) is 0 Å². The molecule has 0 fully saturated rings. The molecule has 0 aliphatic heterocycles. The Labute approximate surface area is 192 Å². The smallest absolute Gasteiger partial charge is 0.335 e. The minimum atomic E-state index is -1.07. The number of ether oxygens (including phenoxy) is 1. The van der Waals surface area contributed by atoms with Gasteiger partial charge in [-0.15, -0.1) is 0 Å². The fraction of sp³-hybridized carbons (Fsp3) is 0.115. The molecule has 0 aromatic heterocycles. The number of allylic oxidation sites excluding steroid dienone is 4. The standard InChI is InChI=1S/C26H26N2O5/c1-5-17(2)6-7-18(3)24(29)28-23(16-19-8-14-22(33-4)15-9-19)25(30)27-21-12-10-20(11-13-21)26(31)32/h5-16H,1H2,2-4H3,(H,27,30)(H,28,29)(H,31,32)/b17-6-,18-7+,23-16-. The molecule has 170 valence electrons. The molecule has 2 amide bonds. The highest BCUT2D eigenvalue weighted by Crippen LogP contribution is 2.16. The van der Waals surface area contributed by atoms with Crippen molar-refractivity contribution in [2.45, 2.75) is 13.8 Å². The molecular formula is C26H26N2O5. The van der Waals surface area contributed by atoms with Crippen LogP contribution in [-0.4, -0.2) is 30.0 Å². The summed E-state index contributed by atoms with van der Waals surface area (Å²) in [4.78, 5) is 36.7. The van der Waals surface area contributed by atoms with Crippen LogP contribution in [0.15, 0.2) is 90.2 Å². The third-order valence-electron chi connectivity index (χ3n) is 4.59. The maximum absolute atomic E-state index is 12.9. The van der Waals surface area contributed by atoms with Gasteiger partial charge in [-0.2, -0.15) is 0 Å². The first-order valence-corrected chi connectivity index (χ1v) is 10.0. The van der Waals surface area contributed by atoms with E-state index in [0.29, 0.717) is 22.6 Å². The van der Waals surface area contributed by atoms with Crippen molar-refractivity contribution in [1.29, 1.82) is 0 Å². The summed E-state index contributed by atoms with van der Waals surface area (Å²) in [5, 5.41) is 14.3. The molecule has 0 aliphatic rings. The molecule has 0 atom stereocenters. The summed E-state index contributed by atoms with van der Waals surface area (Å²) in [5.41, 5.74) is 2.46. The van der Waals surface area contributed by atoms with Gasteiger partial charge < -0.3 is 20.5 Å². The Morgan fingerprint density at radius 2 is 1.58 bits per heavy atom. The molecule has 0 aliphatic carbocycles. The first kappa shape index (κ1) is 24.9. The van der Waals surface area contributed by atoms with Crippen LogP contribution in [0.4, 0.5) is 5.69 Å². The van der Waals surface area contributed by atoms with Crippen molar-refractivity contribution in [2.24, 2.45) is 0 Å². The second-order valence-electron chi connectivity index (χ2n) is 7.09. The second-order valence-corrected chi connectivity index (χ2v) is 7.09. The number of carbonyl (C=O) groups is 3. The Kier molecular flexibility index (Phi) is 8.94. The number of hydrogen-bond acceptors (Lipinski definition) is 4. The zero-order valence-electron chi connectivity index (χ0n) is 18.7. The molecule has 33 heavy (non-hydrogen) atoms. The van der Waals surface area contributed by atoms with E-state index in [4.69, 9.17) is 9.84 Å². The van der Waals surface area contributed by atoms with Crippen LogP contribution in [0.3, 0.4) is 0 Å². The molecule has 0 saturated carbocycles. The summed E-state index contributed by atoms with van der Waals surface area (Å²) in [5.74, 6) is -1.42. The van der Waals surface area contributed by atoms with Gasteiger partial charge in [-0.25, -0.2) is 4.79 Å². The molecule has 2 rings (SSSR count). The van der Waals surface area contributed by atoms with Gasteiger partial charge in [0.1, 0.15) is 11.4 Å². The van der Waals surface area contributed by atoms with E-state index in [1.165, 1.54) is 30.3 Å². The average Bonchev–Trinajstić information content (AvgIpc) is 2.82. The number of hydrogen-bond donors (Lipinski definition) is 3. The monoisotopic (exact) mass is 446 g/mol. The first-order valence-electron chi connectivity index (χ1n) is 10.0. The van der Waals surface area contributed by atoms with Crippen LogP contribution in [-0.2, 0) is 9.59 Å². The third-order valence-corrected chi connectivity index (χ3v) is 4.59. The van der Waals surface area contributed by atoms with Gasteiger partial charge in [0.25, 0.3) is 11.8 Å². The Morgan fingerprint density at radius 3 is 2.12 bits per heavy atom. The van der Waals surface area contributed by atoms with E-state index in [1.807, 2.05) is 6.92 Å². The summed E-state index contributed by atoms with van der Waals surface area (Å²) in [6.45, 7) is 7.16. The van der Waals surface area contributed by atoms with Gasteiger partial charge >= 0.3 is 5.97 Å². The van der Waals surface area contributed by atoms with E-state index in [-0.39, 0.29) is 11.3 Å². The van der Waals surface area contributed by atoms with E-state index in [2.05, 4.69) is 17.2 Å². The zero-order valence-corrected chi connectivity index (χ0v) is 18.7. The maximum Gasteiger partial charge on any atom is 0.335 e. The molecule has 7 heteroatoms. The molecule has 3 N–H and O–H groups in total. The molecule has 0 bridgehead atoms. The third kappa shape index (κ3) is 7.66. The van der Waals surface area contributed by atoms with Crippen LogP contribution in [0.5, 0.6) is 5.75 Å². The van der Waals surface area contributed by atoms with Gasteiger partial charge in [0.2, 0.25) is 0 Å². The lowest BCUT2D eigenvalue weighted by atomic mass is 10.1. The van der Waals surface area contributed by atoms with E-state index >= 15 is 0 Å². The Balaban J connectivity index is 2.31. The number of methoxy groups -OCH3 is 1. The quantitative estimate of drug-likeness (QED) is 0.387.